The minimum atomic E-state index is 0.478. The van der Waals surface area contributed by atoms with E-state index in [0.29, 0.717) is 24.0 Å². The van der Waals surface area contributed by atoms with Crippen molar-refractivity contribution in [3.8, 4) is 23.0 Å². The standard InChI is InChI=1S/C17H15NO3/c1-19-15-8-7-14(17-18-9-10-20-17)11-16(15)21-12-13-5-3-2-4-6-13/h2-11H,12H2,1H3. The highest BCUT2D eigenvalue weighted by Crippen LogP contribution is 2.32. The van der Waals surface area contributed by atoms with Gasteiger partial charge in [0, 0.05) is 5.56 Å². The second-order valence-corrected chi connectivity index (χ2v) is 4.48. The van der Waals surface area contributed by atoms with Gasteiger partial charge in [0.1, 0.15) is 12.9 Å². The van der Waals surface area contributed by atoms with Crippen LogP contribution in [0.4, 0.5) is 0 Å². The van der Waals surface area contributed by atoms with Crippen LogP contribution in [-0.2, 0) is 6.61 Å². The van der Waals surface area contributed by atoms with Gasteiger partial charge in [0.2, 0.25) is 5.89 Å². The molecule has 0 aliphatic carbocycles. The third-order valence-electron chi connectivity index (χ3n) is 3.08. The molecular weight excluding hydrogens is 266 g/mol. The second-order valence-electron chi connectivity index (χ2n) is 4.48. The van der Waals surface area contributed by atoms with E-state index in [1.165, 1.54) is 0 Å². The number of methoxy groups -OCH3 is 1. The van der Waals surface area contributed by atoms with Crippen molar-refractivity contribution in [2.24, 2.45) is 0 Å². The average molecular weight is 281 g/mol. The summed E-state index contributed by atoms with van der Waals surface area (Å²) in [4.78, 5) is 4.14. The normalized spacial score (nSPS) is 10.3. The van der Waals surface area contributed by atoms with Crippen molar-refractivity contribution < 1.29 is 13.9 Å². The van der Waals surface area contributed by atoms with Crippen LogP contribution in [0.1, 0.15) is 5.56 Å². The van der Waals surface area contributed by atoms with Crippen LogP contribution in [0, 0.1) is 0 Å². The molecule has 1 aromatic heterocycles. The summed E-state index contributed by atoms with van der Waals surface area (Å²) < 4.78 is 16.5. The monoisotopic (exact) mass is 281 g/mol. The van der Waals surface area contributed by atoms with Gasteiger partial charge in [-0.25, -0.2) is 4.98 Å². The highest BCUT2D eigenvalue weighted by molar-refractivity contribution is 5.59. The zero-order valence-electron chi connectivity index (χ0n) is 11.7. The lowest BCUT2D eigenvalue weighted by atomic mass is 10.2. The molecule has 106 valence electrons. The summed E-state index contributed by atoms with van der Waals surface area (Å²) in [6.07, 6.45) is 3.16. The van der Waals surface area contributed by atoms with Crippen molar-refractivity contribution in [3.63, 3.8) is 0 Å². The molecule has 0 aliphatic heterocycles. The van der Waals surface area contributed by atoms with Gasteiger partial charge in [0.25, 0.3) is 0 Å². The van der Waals surface area contributed by atoms with E-state index < -0.39 is 0 Å². The SMILES string of the molecule is COc1ccc(-c2ncco2)cc1OCc1ccccc1. The fourth-order valence-electron chi connectivity index (χ4n) is 2.02. The fraction of sp³-hybridized carbons (Fsp3) is 0.118. The maximum absolute atomic E-state index is 5.86. The number of aromatic nitrogens is 1. The number of nitrogens with zero attached hydrogens (tertiary/aromatic N) is 1. The Kier molecular flexibility index (Phi) is 3.87. The lowest BCUT2D eigenvalue weighted by Gasteiger charge is -2.11. The van der Waals surface area contributed by atoms with Crippen LogP contribution in [0.15, 0.2) is 65.4 Å². The van der Waals surface area contributed by atoms with E-state index in [-0.39, 0.29) is 0 Å². The fourth-order valence-corrected chi connectivity index (χ4v) is 2.02. The summed E-state index contributed by atoms with van der Waals surface area (Å²) in [5, 5.41) is 0. The first kappa shape index (κ1) is 13.2. The molecule has 0 saturated carbocycles. The second kappa shape index (κ2) is 6.13. The summed E-state index contributed by atoms with van der Waals surface area (Å²) in [6.45, 7) is 0.478. The number of ether oxygens (including phenoxy) is 2. The van der Waals surface area contributed by atoms with Gasteiger partial charge >= 0.3 is 0 Å². The molecule has 0 atom stereocenters. The van der Waals surface area contributed by atoms with E-state index in [4.69, 9.17) is 13.9 Å². The lowest BCUT2D eigenvalue weighted by Crippen LogP contribution is -1.97. The molecule has 4 heteroatoms. The molecule has 0 spiro atoms. The molecule has 0 bridgehead atoms. The average Bonchev–Trinajstić information content (AvgIpc) is 3.08. The first-order chi connectivity index (χ1) is 10.4. The third kappa shape index (κ3) is 3.05. The maximum Gasteiger partial charge on any atom is 0.225 e. The van der Waals surface area contributed by atoms with Crippen LogP contribution in [0.2, 0.25) is 0 Å². The number of hydrogen-bond acceptors (Lipinski definition) is 4. The van der Waals surface area contributed by atoms with E-state index in [1.54, 1.807) is 19.6 Å². The highest BCUT2D eigenvalue weighted by atomic mass is 16.5. The predicted octanol–water partition coefficient (Wildman–Crippen LogP) is 3.93. The lowest BCUT2D eigenvalue weighted by molar-refractivity contribution is 0.284. The van der Waals surface area contributed by atoms with Gasteiger partial charge in [-0.05, 0) is 23.8 Å². The van der Waals surface area contributed by atoms with E-state index in [2.05, 4.69) is 4.98 Å². The molecule has 3 aromatic rings. The molecule has 0 N–H and O–H groups in total. The Morgan fingerprint density at radius 2 is 1.90 bits per heavy atom. The molecule has 0 saturated heterocycles. The number of hydrogen-bond donors (Lipinski definition) is 0. The summed E-state index contributed by atoms with van der Waals surface area (Å²) in [5.41, 5.74) is 1.95. The molecule has 3 rings (SSSR count). The van der Waals surface area contributed by atoms with Crippen LogP contribution in [0.3, 0.4) is 0 Å². The molecule has 4 nitrogen and oxygen atoms in total. The summed E-state index contributed by atoms with van der Waals surface area (Å²) in [6, 6.07) is 15.6. The minimum absolute atomic E-state index is 0.478. The third-order valence-corrected chi connectivity index (χ3v) is 3.08. The largest absolute Gasteiger partial charge is 0.493 e. The molecule has 0 aliphatic rings. The summed E-state index contributed by atoms with van der Waals surface area (Å²) in [5.74, 6) is 1.90. The first-order valence-electron chi connectivity index (χ1n) is 6.61. The molecule has 21 heavy (non-hydrogen) atoms. The molecule has 0 unspecified atom stereocenters. The molecule has 0 amide bonds. The van der Waals surface area contributed by atoms with Crippen molar-refractivity contribution in [2.45, 2.75) is 6.61 Å². The first-order valence-corrected chi connectivity index (χ1v) is 6.61. The molecule has 0 radical (unpaired) electrons. The van der Waals surface area contributed by atoms with Crippen LogP contribution < -0.4 is 9.47 Å². The van der Waals surface area contributed by atoms with E-state index >= 15 is 0 Å². The number of oxazole rings is 1. The minimum Gasteiger partial charge on any atom is -0.493 e. The van der Waals surface area contributed by atoms with Crippen molar-refractivity contribution in [1.29, 1.82) is 0 Å². The van der Waals surface area contributed by atoms with Crippen molar-refractivity contribution >= 4 is 0 Å². The topological polar surface area (TPSA) is 44.5 Å². The summed E-state index contributed by atoms with van der Waals surface area (Å²) >= 11 is 0. The van der Waals surface area contributed by atoms with E-state index in [1.807, 2.05) is 48.5 Å². The summed E-state index contributed by atoms with van der Waals surface area (Å²) in [7, 11) is 1.62. The van der Waals surface area contributed by atoms with E-state index in [0.717, 1.165) is 11.1 Å². The predicted molar refractivity (Wildman–Crippen MR) is 79.3 cm³/mol. The van der Waals surface area contributed by atoms with Gasteiger partial charge in [0.05, 0.1) is 13.3 Å². The van der Waals surface area contributed by atoms with Gasteiger partial charge < -0.3 is 13.9 Å². The van der Waals surface area contributed by atoms with Gasteiger partial charge in [0.15, 0.2) is 11.5 Å². The molecule has 2 aromatic carbocycles. The quantitative estimate of drug-likeness (QED) is 0.710. The van der Waals surface area contributed by atoms with Gasteiger partial charge in [-0.3, -0.25) is 0 Å². The van der Waals surface area contributed by atoms with Crippen molar-refractivity contribution in [1.82, 2.24) is 4.98 Å². The van der Waals surface area contributed by atoms with Crippen molar-refractivity contribution in [2.75, 3.05) is 7.11 Å². The number of rotatable bonds is 5. The molecule has 1 heterocycles. The van der Waals surface area contributed by atoms with Crippen LogP contribution >= 0.6 is 0 Å². The van der Waals surface area contributed by atoms with Gasteiger partial charge in [-0.15, -0.1) is 0 Å². The molecular formula is C17H15NO3. The van der Waals surface area contributed by atoms with Crippen molar-refractivity contribution in [3.05, 3.63) is 66.6 Å². The van der Waals surface area contributed by atoms with Gasteiger partial charge in [-0.1, -0.05) is 30.3 Å². The van der Waals surface area contributed by atoms with Crippen LogP contribution in [0.5, 0.6) is 11.5 Å². The van der Waals surface area contributed by atoms with Crippen LogP contribution in [0.25, 0.3) is 11.5 Å². The Morgan fingerprint density at radius 1 is 1.05 bits per heavy atom. The zero-order chi connectivity index (χ0) is 14.5. The number of benzene rings is 2. The molecule has 0 fully saturated rings. The van der Waals surface area contributed by atoms with E-state index in [9.17, 15) is 0 Å². The Morgan fingerprint density at radius 3 is 2.62 bits per heavy atom. The Bertz CT molecular complexity index is 693. The Labute approximate surface area is 123 Å². The highest BCUT2D eigenvalue weighted by Gasteiger charge is 2.10. The smallest absolute Gasteiger partial charge is 0.225 e. The van der Waals surface area contributed by atoms with Crippen LogP contribution in [-0.4, -0.2) is 12.1 Å². The maximum atomic E-state index is 5.86. The Hall–Kier alpha value is -2.75. The zero-order valence-corrected chi connectivity index (χ0v) is 11.7. The Balaban J connectivity index is 1.84. The van der Waals surface area contributed by atoms with Gasteiger partial charge in [-0.2, -0.15) is 0 Å².